The second-order valence-corrected chi connectivity index (χ2v) is 6.40. The highest BCUT2D eigenvalue weighted by atomic mass is 16.6. The van der Waals surface area contributed by atoms with Gasteiger partial charge in [0.15, 0.2) is 0 Å². The molecule has 5 heteroatoms. The number of likely N-dealkylation sites (tertiary alicyclic amines) is 2. The summed E-state index contributed by atoms with van der Waals surface area (Å²) in [4.78, 5) is 4.66. The normalized spacial score (nSPS) is 28.2. The summed E-state index contributed by atoms with van der Waals surface area (Å²) in [7, 11) is 0. The van der Waals surface area contributed by atoms with Crippen LogP contribution in [0.1, 0.15) is 46.0 Å². The molecule has 2 heterocycles. The van der Waals surface area contributed by atoms with Crippen molar-refractivity contribution >= 4 is 5.71 Å². The predicted molar refractivity (Wildman–Crippen MR) is 84.5 cm³/mol. The smallest absolute Gasteiger partial charge is 0.216 e. The maximum Gasteiger partial charge on any atom is 0.216 e. The van der Waals surface area contributed by atoms with Gasteiger partial charge in [0.05, 0.1) is 0 Å². The molecule has 0 saturated carbocycles. The van der Waals surface area contributed by atoms with E-state index in [9.17, 15) is 5.11 Å². The number of rotatable bonds is 5. The van der Waals surface area contributed by atoms with Crippen molar-refractivity contribution in [1.29, 1.82) is 5.41 Å². The van der Waals surface area contributed by atoms with Crippen LogP contribution in [0.4, 0.5) is 0 Å². The van der Waals surface area contributed by atoms with Crippen molar-refractivity contribution in [2.24, 2.45) is 5.92 Å². The average Bonchev–Trinajstić information content (AvgIpc) is 2.73. The third-order valence-electron chi connectivity index (χ3n) is 5.02. The van der Waals surface area contributed by atoms with Crippen molar-refractivity contribution in [1.82, 2.24) is 9.80 Å². The van der Waals surface area contributed by atoms with Crippen molar-refractivity contribution in [2.75, 3.05) is 32.8 Å². The summed E-state index contributed by atoms with van der Waals surface area (Å²) in [5.74, 6) is 0.503. The van der Waals surface area contributed by atoms with Crippen LogP contribution in [0.15, 0.2) is 0 Å². The molecule has 0 spiro atoms. The average molecular weight is 297 g/mol. The minimum Gasteiger partial charge on any atom is -0.356 e. The van der Waals surface area contributed by atoms with Crippen LogP contribution in [0, 0.1) is 11.3 Å². The Morgan fingerprint density at radius 1 is 1.19 bits per heavy atom. The highest BCUT2D eigenvalue weighted by Crippen LogP contribution is 2.25. The molecule has 21 heavy (non-hydrogen) atoms. The van der Waals surface area contributed by atoms with Crippen LogP contribution in [-0.4, -0.2) is 65.9 Å². The molecule has 0 bridgehead atoms. The molecule has 122 valence electrons. The van der Waals surface area contributed by atoms with Crippen LogP contribution in [0.25, 0.3) is 0 Å². The maximum absolute atomic E-state index is 9.96. The van der Waals surface area contributed by atoms with Crippen molar-refractivity contribution in [3.05, 3.63) is 0 Å². The molecule has 2 unspecified atom stereocenters. The van der Waals surface area contributed by atoms with E-state index in [0.29, 0.717) is 18.6 Å². The summed E-state index contributed by atoms with van der Waals surface area (Å²) in [6, 6.07) is 0.635. The number of hydrogen-bond donors (Lipinski definition) is 2. The summed E-state index contributed by atoms with van der Waals surface area (Å²) < 4.78 is 5.30. The molecular weight excluding hydrogens is 266 g/mol. The summed E-state index contributed by atoms with van der Waals surface area (Å²) in [6.45, 7) is 8.50. The lowest BCUT2D eigenvalue weighted by Gasteiger charge is -2.37. The van der Waals surface area contributed by atoms with Gasteiger partial charge in [-0.05, 0) is 65.0 Å². The van der Waals surface area contributed by atoms with Gasteiger partial charge < -0.3 is 20.2 Å². The third kappa shape index (κ3) is 4.74. The van der Waals surface area contributed by atoms with Crippen molar-refractivity contribution in [2.45, 2.75) is 58.4 Å². The molecule has 0 radical (unpaired) electrons. The zero-order valence-electron chi connectivity index (χ0n) is 13.6. The number of hydrogen-bond acceptors (Lipinski definition) is 5. The van der Waals surface area contributed by atoms with E-state index in [2.05, 4.69) is 9.80 Å². The zero-order valence-corrected chi connectivity index (χ0v) is 13.6. The van der Waals surface area contributed by atoms with E-state index in [4.69, 9.17) is 10.1 Å². The molecule has 0 aromatic carbocycles. The SMILES string of the molecule is CCOC(O)N1CCCC(N2CCC(C(C)=N)CC2)CC1. The van der Waals surface area contributed by atoms with E-state index in [0.717, 1.165) is 57.6 Å². The van der Waals surface area contributed by atoms with E-state index in [-0.39, 0.29) is 0 Å². The first-order valence-corrected chi connectivity index (χ1v) is 8.44. The molecule has 0 aromatic heterocycles. The molecule has 2 atom stereocenters. The lowest BCUT2D eigenvalue weighted by atomic mass is 9.91. The van der Waals surface area contributed by atoms with E-state index < -0.39 is 6.41 Å². The van der Waals surface area contributed by atoms with Crippen LogP contribution >= 0.6 is 0 Å². The topological polar surface area (TPSA) is 59.8 Å². The second kappa shape index (κ2) is 8.22. The first-order valence-electron chi connectivity index (χ1n) is 8.44. The molecule has 2 aliphatic rings. The number of nitrogens with zero attached hydrogens (tertiary/aromatic N) is 2. The Bertz CT molecular complexity index is 329. The van der Waals surface area contributed by atoms with Gasteiger partial charge in [-0.1, -0.05) is 0 Å². The fourth-order valence-corrected chi connectivity index (χ4v) is 3.64. The standard InChI is InChI=1S/C16H31N3O2/c1-3-21-16(20)19-9-4-5-15(8-12-19)18-10-6-14(7-11-18)13(2)17/h14-17,20H,3-12H2,1-2H3. The third-order valence-corrected chi connectivity index (χ3v) is 5.02. The van der Waals surface area contributed by atoms with E-state index >= 15 is 0 Å². The van der Waals surface area contributed by atoms with Crippen LogP contribution in [0.2, 0.25) is 0 Å². The van der Waals surface area contributed by atoms with Crippen molar-refractivity contribution in [3.8, 4) is 0 Å². The number of nitrogens with one attached hydrogen (secondary N) is 1. The van der Waals surface area contributed by atoms with Crippen molar-refractivity contribution < 1.29 is 9.84 Å². The molecule has 2 fully saturated rings. The highest BCUT2D eigenvalue weighted by molar-refractivity contribution is 5.81. The maximum atomic E-state index is 9.96. The van der Waals surface area contributed by atoms with Crippen LogP contribution in [0.5, 0.6) is 0 Å². The lowest BCUT2D eigenvalue weighted by molar-refractivity contribution is -0.189. The van der Waals surface area contributed by atoms with Gasteiger partial charge in [0.25, 0.3) is 0 Å². The van der Waals surface area contributed by atoms with E-state index in [1.54, 1.807) is 0 Å². The molecule has 2 N–H and O–H groups in total. The van der Waals surface area contributed by atoms with Gasteiger partial charge >= 0.3 is 0 Å². The van der Waals surface area contributed by atoms with Gasteiger partial charge in [0.1, 0.15) is 0 Å². The Morgan fingerprint density at radius 3 is 2.52 bits per heavy atom. The Morgan fingerprint density at radius 2 is 1.90 bits per heavy atom. The van der Waals surface area contributed by atoms with Crippen molar-refractivity contribution in [3.63, 3.8) is 0 Å². The summed E-state index contributed by atoms with van der Waals surface area (Å²) >= 11 is 0. The predicted octanol–water partition coefficient (Wildman–Crippen LogP) is 1.90. The Balaban J connectivity index is 1.79. The first kappa shape index (κ1) is 16.9. The molecule has 0 aromatic rings. The molecule has 5 nitrogen and oxygen atoms in total. The van der Waals surface area contributed by atoms with E-state index in [1.807, 2.05) is 13.8 Å². The molecule has 0 amide bonds. The minimum absolute atomic E-state index is 0.503. The molecular formula is C16H31N3O2. The lowest BCUT2D eigenvalue weighted by Crippen LogP contribution is -2.43. The summed E-state index contributed by atoms with van der Waals surface area (Å²) in [6.07, 6.45) is 4.98. The monoisotopic (exact) mass is 297 g/mol. The molecule has 2 aliphatic heterocycles. The largest absolute Gasteiger partial charge is 0.356 e. The number of ether oxygens (including phenoxy) is 1. The summed E-state index contributed by atoms with van der Waals surface area (Å²) in [5.41, 5.74) is 0.849. The quantitative estimate of drug-likeness (QED) is 0.601. The van der Waals surface area contributed by atoms with Crippen LogP contribution < -0.4 is 0 Å². The second-order valence-electron chi connectivity index (χ2n) is 6.40. The Hall–Kier alpha value is -0.490. The van der Waals surface area contributed by atoms with Gasteiger partial charge in [-0.25, -0.2) is 0 Å². The summed E-state index contributed by atoms with van der Waals surface area (Å²) in [5, 5.41) is 17.7. The van der Waals surface area contributed by atoms with Gasteiger partial charge in [0, 0.05) is 31.4 Å². The van der Waals surface area contributed by atoms with Gasteiger partial charge in [-0.2, -0.15) is 0 Å². The number of aliphatic hydroxyl groups excluding tert-OH is 1. The number of aliphatic hydroxyl groups is 1. The van der Waals surface area contributed by atoms with E-state index in [1.165, 1.54) is 6.42 Å². The van der Waals surface area contributed by atoms with Gasteiger partial charge in [-0.3, -0.25) is 4.90 Å². The van der Waals surface area contributed by atoms with Crippen LogP contribution in [0.3, 0.4) is 0 Å². The number of piperidine rings is 1. The first-order chi connectivity index (χ1) is 10.1. The Labute approximate surface area is 128 Å². The van der Waals surface area contributed by atoms with Gasteiger partial charge in [-0.15, -0.1) is 0 Å². The zero-order chi connectivity index (χ0) is 15.2. The van der Waals surface area contributed by atoms with Crippen LogP contribution in [-0.2, 0) is 4.74 Å². The molecule has 0 aliphatic carbocycles. The molecule has 2 saturated heterocycles. The Kier molecular flexibility index (Phi) is 6.61. The van der Waals surface area contributed by atoms with Gasteiger partial charge in [0.2, 0.25) is 6.41 Å². The minimum atomic E-state index is -0.736. The molecule has 2 rings (SSSR count). The highest BCUT2D eigenvalue weighted by Gasteiger charge is 2.28. The fraction of sp³-hybridized carbons (Fsp3) is 0.938. The fourth-order valence-electron chi connectivity index (χ4n) is 3.64.